The van der Waals surface area contributed by atoms with E-state index < -0.39 is 20.4 Å². The number of benzene rings is 2. The standard InChI is InChI=1S/C14H12ClNO5S/c1-9-7-10(15)3-5-13(9)21-14-6-4-11(22(2,19)20)8-12(14)16(17)18/h3-8H,1-2H3. The molecule has 0 N–H and O–H groups in total. The average Bonchev–Trinajstić information content (AvgIpc) is 2.40. The molecule has 2 aromatic carbocycles. The molecule has 116 valence electrons. The number of rotatable bonds is 4. The fourth-order valence-electron chi connectivity index (χ4n) is 1.80. The normalized spacial score (nSPS) is 11.2. The molecule has 2 aromatic rings. The summed E-state index contributed by atoms with van der Waals surface area (Å²) in [5, 5.41) is 11.7. The van der Waals surface area contributed by atoms with Gasteiger partial charge in [-0.15, -0.1) is 0 Å². The Morgan fingerprint density at radius 1 is 1.14 bits per heavy atom. The van der Waals surface area contributed by atoms with Crippen molar-refractivity contribution in [3.63, 3.8) is 0 Å². The van der Waals surface area contributed by atoms with Crippen molar-refractivity contribution in [3.8, 4) is 11.5 Å². The zero-order valence-corrected chi connectivity index (χ0v) is 13.3. The van der Waals surface area contributed by atoms with E-state index in [0.717, 1.165) is 12.3 Å². The number of sulfone groups is 1. The van der Waals surface area contributed by atoms with E-state index >= 15 is 0 Å². The third-order valence-corrected chi connectivity index (χ3v) is 4.26. The average molecular weight is 342 g/mol. The van der Waals surface area contributed by atoms with Crippen molar-refractivity contribution in [2.45, 2.75) is 11.8 Å². The van der Waals surface area contributed by atoms with E-state index in [9.17, 15) is 18.5 Å². The molecule has 0 fully saturated rings. The van der Waals surface area contributed by atoms with Crippen molar-refractivity contribution in [1.29, 1.82) is 0 Å². The van der Waals surface area contributed by atoms with Crippen LogP contribution < -0.4 is 4.74 Å². The number of halogens is 1. The summed E-state index contributed by atoms with van der Waals surface area (Å²) in [5.41, 5.74) is 0.284. The van der Waals surface area contributed by atoms with Crippen LogP contribution in [0.3, 0.4) is 0 Å². The summed E-state index contributed by atoms with van der Waals surface area (Å²) < 4.78 is 28.5. The van der Waals surface area contributed by atoms with E-state index in [1.54, 1.807) is 25.1 Å². The first-order chi connectivity index (χ1) is 10.2. The van der Waals surface area contributed by atoms with Crippen molar-refractivity contribution in [2.75, 3.05) is 6.26 Å². The molecule has 0 aliphatic rings. The number of aryl methyl sites for hydroxylation is 1. The second kappa shape index (κ2) is 5.94. The van der Waals surface area contributed by atoms with E-state index in [1.807, 2.05) is 0 Å². The van der Waals surface area contributed by atoms with Crippen molar-refractivity contribution in [2.24, 2.45) is 0 Å². The maximum absolute atomic E-state index is 11.5. The number of hydrogen-bond donors (Lipinski definition) is 0. The maximum Gasteiger partial charge on any atom is 0.312 e. The molecule has 0 bridgehead atoms. The van der Waals surface area contributed by atoms with Crippen molar-refractivity contribution in [1.82, 2.24) is 0 Å². The van der Waals surface area contributed by atoms with Gasteiger partial charge < -0.3 is 4.74 Å². The molecule has 2 rings (SSSR count). The predicted octanol–water partition coefficient (Wildman–Crippen LogP) is 3.75. The molecule has 6 nitrogen and oxygen atoms in total. The highest BCUT2D eigenvalue weighted by molar-refractivity contribution is 7.90. The molecule has 8 heteroatoms. The van der Waals surface area contributed by atoms with E-state index in [4.69, 9.17) is 16.3 Å². The van der Waals surface area contributed by atoms with Gasteiger partial charge in [-0.05, 0) is 42.8 Å². The molecular formula is C14H12ClNO5S. The Morgan fingerprint density at radius 3 is 2.32 bits per heavy atom. The van der Waals surface area contributed by atoms with Gasteiger partial charge in [-0.25, -0.2) is 8.42 Å². The quantitative estimate of drug-likeness (QED) is 0.624. The van der Waals surface area contributed by atoms with Gasteiger partial charge in [0.25, 0.3) is 0 Å². The lowest BCUT2D eigenvalue weighted by Gasteiger charge is -2.10. The van der Waals surface area contributed by atoms with E-state index in [-0.39, 0.29) is 10.6 Å². The van der Waals surface area contributed by atoms with Crippen LogP contribution >= 0.6 is 11.6 Å². The summed E-state index contributed by atoms with van der Waals surface area (Å²) in [6.45, 7) is 1.75. The van der Waals surface area contributed by atoms with Crippen molar-refractivity contribution < 1.29 is 18.1 Å². The maximum atomic E-state index is 11.5. The first-order valence-electron chi connectivity index (χ1n) is 6.11. The first kappa shape index (κ1) is 16.3. The Labute approximate surface area is 132 Å². The third kappa shape index (κ3) is 3.55. The van der Waals surface area contributed by atoms with Gasteiger partial charge >= 0.3 is 5.69 Å². The Hall–Kier alpha value is -2.12. The molecule has 0 radical (unpaired) electrons. The smallest absolute Gasteiger partial charge is 0.312 e. The van der Waals surface area contributed by atoms with E-state index in [0.29, 0.717) is 16.3 Å². The van der Waals surface area contributed by atoms with Gasteiger partial charge in [0.15, 0.2) is 9.84 Å². The Kier molecular flexibility index (Phi) is 4.39. The van der Waals surface area contributed by atoms with Crippen LogP contribution in [0.5, 0.6) is 11.5 Å². The third-order valence-electron chi connectivity index (χ3n) is 2.91. The minimum absolute atomic E-state index is 0.0391. The highest BCUT2D eigenvalue weighted by atomic mass is 35.5. The van der Waals surface area contributed by atoms with Crippen LogP contribution in [0.25, 0.3) is 0 Å². The van der Waals surface area contributed by atoms with Gasteiger partial charge in [-0.1, -0.05) is 11.6 Å². The molecular weight excluding hydrogens is 330 g/mol. The second-order valence-corrected chi connectivity index (χ2v) is 7.12. The molecule has 0 aromatic heterocycles. The second-order valence-electron chi connectivity index (χ2n) is 4.67. The topological polar surface area (TPSA) is 86.5 Å². The van der Waals surface area contributed by atoms with Gasteiger partial charge in [0, 0.05) is 17.3 Å². The zero-order valence-electron chi connectivity index (χ0n) is 11.7. The van der Waals surface area contributed by atoms with Gasteiger partial charge in [0.05, 0.1) is 9.82 Å². The van der Waals surface area contributed by atoms with Crippen LogP contribution in [0.4, 0.5) is 5.69 Å². The molecule has 22 heavy (non-hydrogen) atoms. The van der Waals surface area contributed by atoms with Crippen LogP contribution in [0.15, 0.2) is 41.3 Å². The highest BCUT2D eigenvalue weighted by Gasteiger charge is 2.20. The van der Waals surface area contributed by atoms with Crippen molar-refractivity contribution in [3.05, 3.63) is 57.1 Å². The zero-order chi connectivity index (χ0) is 16.5. The summed E-state index contributed by atoms with van der Waals surface area (Å²) in [4.78, 5) is 10.3. The van der Waals surface area contributed by atoms with Crippen LogP contribution in [-0.2, 0) is 9.84 Å². The largest absolute Gasteiger partial charge is 0.450 e. The summed E-state index contributed by atoms with van der Waals surface area (Å²) in [7, 11) is -3.54. The predicted molar refractivity (Wildman–Crippen MR) is 82.5 cm³/mol. The van der Waals surface area contributed by atoms with Gasteiger partial charge in [0.1, 0.15) is 5.75 Å². The fourth-order valence-corrected chi connectivity index (χ4v) is 2.67. The lowest BCUT2D eigenvalue weighted by Crippen LogP contribution is -2.00. The molecule has 0 saturated heterocycles. The lowest BCUT2D eigenvalue weighted by molar-refractivity contribution is -0.385. The van der Waals surface area contributed by atoms with Crippen molar-refractivity contribution >= 4 is 27.1 Å². The molecule has 0 heterocycles. The fraction of sp³-hybridized carbons (Fsp3) is 0.143. The molecule has 0 spiro atoms. The van der Waals surface area contributed by atoms with E-state index in [1.165, 1.54) is 12.1 Å². The summed E-state index contributed by atoms with van der Waals surface area (Å²) in [6.07, 6.45) is 0.982. The monoisotopic (exact) mass is 341 g/mol. The Balaban J connectivity index is 2.49. The van der Waals surface area contributed by atoms with Crippen LogP contribution in [-0.4, -0.2) is 19.6 Å². The number of hydrogen-bond acceptors (Lipinski definition) is 5. The highest BCUT2D eigenvalue weighted by Crippen LogP contribution is 2.35. The molecule has 0 atom stereocenters. The Bertz CT molecular complexity index is 848. The Morgan fingerprint density at radius 2 is 1.77 bits per heavy atom. The lowest BCUT2D eigenvalue weighted by atomic mass is 10.2. The van der Waals surface area contributed by atoms with Gasteiger partial charge in [-0.3, -0.25) is 10.1 Å². The van der Waals surface area contributed by atoms with Gasteiger partial charge in [-0.2, -0.15) is 0 Å². The molecule has 0 saturated carbocycles. The molecule has 0 unspecified atom stereocenters. The van der Waals surface area contributed by atoms with Crippen LogP contribution in [0, 0.1) is 17.0 Å². The van der Waals surface area contributed by atoms with Crippen LogP contribution in [0.1, 0.15) is 5.56 Å². The summed E-state index contributed by atoms with van der Waals surface area (Å²) in [5.74, 6) is 0.363. The number of nitro benzene ring substituents is 1. The molecule has 0 aliphatic carbocycles. The van der Waals surface area contributed by atoms with Crippen LogP contribution in [0.2, 0.25) is 5.02 Å². The number of nitro groups is 1. The molecule has 0 aliphatic heterocycles. The molecule has 0 amide bonds. The number of ether oxygens (including phenoxy) is 1. The SMILES string of the molecule is Cc1cc(Cl)ccc1Oc1ccc(S(C)(=O)=O)cc1[N+](=O)[O-]. The minimum Gasteiger partial charge on any atom is -0.450 e. The first-order valence-corrected chi connectivity index (χ1v) is 8.38. The summed E-state index contributed by atoms with van der Waals surface area (Å²) >= 11 is 5.84. The minimum atomic E-state index is -3.54. The summed E-state index contributed by atoms with van der Waals surface area (Å²) in [6, 6.07) is 8.36. The van der Waals surface area contributed by atoms with Gasteiger partial charge in [0.2, 0.25) is 5.75 Å². The number of nitrogens with zero attached hydrogens (tertiary/aromatic N) is 1. The van der Waals surface area contributed by atoms with E-state index in [2.05, 4.69) is 0 Å².